The summed E-state index contributed by atoms with van der Waals surface area (Å²) in [6, 6.07) is 6.14. The van der Waals surface area contributed by atoms with Crippen LogP contribution in [0.15, 0.2) is 18.2 Å². The molecular weight excluding hydrogens is 224 g/mol. The van der Waals surface area contributed by atoms with Gasteiger partial charge < -0.3 is 9.84 Å². The Morgan fingerprint density at radius 3 is 2.56 bits per heavy atom. The van der Waals surface area contributed by atoms with Gasteiger partial charge in [0.15, 0.2) is 0 Å². The highest BCUT2D eigenvalue weighted by atomic mass is 16.5. The summed E-state index contributed by atoms with van der Waals surface area (Å²) in [5, 5.41) is 10.5. The van der Waals surface area contributed by atoms with Crippen molar-refractivity contribution in [3.05, 3.63) is 29.3 Å². The standard InChI is InChI=1S/C16H24O2/c1-5-11(6-2)14(17)13-9-7-8-12-10-16(3,4)18-15(12)13/h7-9,11,14,17H,5-6,10H2,1-4H3. The quantitative estimate of drug-likeness (QED) is 0.876. The highest BCUT2D eigenvalue weighted by Crippen LogP contribution is 2.42. The maximum Gasteiger partial charge on any atom is 0.129 e. The molecule has 0 fully saturated rings. The summed E-state index contributed by atoms with van der Waals surface area (Å²) in [6.45, 7) is 8.46. The fraction of sp³-hybridized carbons (Fsp3) is 0.625. The minimum Gasteiger partial charge on any atom is -0.487 e. The summed E-state index contributed by atoms with van der Waals surface area (Å²) in [5.74, 6) is 1.23. The SMILES string of the molecule is CCC(CC)C(O)c1cccc2c1OC(C)(C)C2. The second-order valence-electron chi connectivity index (χ2n) is 5.90. The average Bonchev–Trinajstić information content (AvgIpc) is 2.63. The zero-order valence-corrected chi connectivity index (χ0v) is 11.9. The predicted molar refractivity (Wildman–Crippen MR) is 73.9 cm³/mol. The van der Waals surface area contributed by atoms with Gasteiger partial charge >= 0.3 is 0 Å². The van der Waals surface area contributed by atoms with E-state index in [2.05, 4.69) is 33.8 Å². The van der Waals surface area contributed by atoms with Gasteiger partial charge in [0.2, 0.25) is 0 Å². The molecule has 1 aliphatic heterocycles. The molecule has 0 amide bonds. The molecule has 1 aromatic carbocycles. The topological polar surface area (TPSA) is 29.5 Å². The van der Waals surface area contributed by atoms with Crippen molar-refractivity contribution in [1.29, 1.82) is 0 Å². The summed E-state index contributed by atoms with van der Waals surface area (Å²) < 4.78 is 6.03. The number of fused-ring (bicyclic) bond motifs is 1. The molecule has 0 saturated carbocycles. The fourth-order valence-corrected chi connectivity index (χ4v) is 2.86. The highest BCUT2D eigenvalue weighted by molar-refractivity contribution is 5.47. The van der Waals surface area contributed by atoms with Crippen molar-refractivity contribution in [1.82, 2.24) is 0 Å². The lowest BCUT2D eigenvalue weighted by Crippen LogP contribution is -2.25. The molecular formula is C16H24O2. The van der Waals surface area contributed by atoms with Gasteiger partial charge in [0.05, 0.1) is 6.10 Å². The van der Waals surface area contributed by atoms with Crippen LogP contribution < -0.4 is 4.74 Å². The van der Waals surface area contributed by atoms with Gasteiger partial charge in [-0.05, 0) is 25.3 Å². The van der Waals surface area contributed by atoms with Crippen LogP contribution in [-0.4, -0.2) is 10.7 Å². The smallest absolute Gasteiger partial charge is 0.129 e. The lowest BCUT2D eigenvalue weighted by atomic mass is 9.89. The Hall–Kier alpha value is -1.02. The molecule has 1 aliphatic rings. The van der Waals surface area contributed by atoms with E-state index < -0.39 is 6.10 Å². The van der Waals surface area contributed by atoms with Crippen molar-refractivity contribution in [2.45, 2.75) is 58.7 Å². The minimum absolute atomic E-state index is 0.147. The van der Waals surface area contributed by atoms with E-state index in [-0.39, 0.29) is 5.60 Å². The third-order valence-electron chi connectivity index (χ3n) is 3.94. The second-order valence-corrected chi connectivity index (χ2v) is 5.90. The van der Waals surface area contributed by atoms with Crippen LogP contribution in [0.5, 0.6) is 5.75 Å². The number of aliphatic hydroxyl groups is 1. The largest absolute Gasteiger partial charge is 0.487 e. The lowest BCUT2D eigenvalue weighted by Gasteiger charge is -2.24. The van der Waals surface area contributed by atoms with E-state index in [9.17, 15) is 5.11 Å². The third-order valence-corrected chi connectivity index (χ3v) is 3.94. The molecule has 1 unspecified atom stereocenters. The van der Waals surface area contributed by atoms with Crippen LogP contribution in [0.1, 0.15) is 57.8 Å². The first-order chi connectivity index (χ1) is 8.48. The Morgan fingerprint density at radius 2 is 1.94 bits per heavy atom. The monoisotopic (exact) mass is 248 g/mol. The van der Waals surface area contributed by atoms with E-state index in [1.54, 1.807) is 0 Å². The van der Waals surface area contributed by atoms with Crippen molar-refractivity contribution >= 4 is 0 Å². The normalized spacial score (nSPS) is 18.6. The first-order valence-electron chi connectivity index (χ1n) is 6.97. The van der Waals surface area contributed by atoms with Crippen LogP contribution in [0.25, 0.3) is 0 Å². The molecule has 2 rings (SSSR count). The van der Waals surface area contributed by atoms with Gasteiger partial charge in [0.1, 0.15) is 11.4 Å². The Morgan fingerprint density at radius 1 is 1.28 bits per heavy atom. The molecule has 2 nitrogen and oxygen atoms in total. The molecule has 100 valence electrons. The van der Waals surface area contributed by atoms with E-state index in [1.807, 2.05) is 12.1 Å². The third kappa shape index (κ3) is 2.39. The molecule has 0 aromatic heterocycles. The molecule has 1 N–H and O–H groups in total. The van der Waals surface area contributed by atoms with E-state index in [4.69, 9.17) is 4.74 Å². The van der Waals surface area contributed by atoms with Gasteiger partial charge in [-0.3, -0.25) is 0 Å². The number of ether oxygens (including phenoxy) is 1. The summed E-state index contributed by atoms with van der Waals surface area (Å²) in [6.07, 6.45) is 2.49. The maximum atomic E-state index is 10.5. The van der Waals surface area contributed by atoms with Crippen LogP contribution in [0.3, 0.4) is 0 Å². The van der Waals surface area contributed by atoms with Gasteiger partial charge in [-0.1, -0.05) is 44.9 Å². The summed E-state index contributed by atoms with van der Waals surface area (Å²) in [5.41, 5.74) is 2.04. The molecule has 0 saturated heterocycles. The zero-order valence-electron chi connectivity index (χ0n) is 11.9. The number of hydrogen-bond donors (Lipinski definition) is 1. The molecule has 0 radical (unpaired) electrons. The molecule has 0 bridgehead atoms. The molecule has 1 heterocycles. The van der Waals surface area contributed by atoms with Crippen molar-refractivity contribution in [2.75, 3.05) is 0 Å². The molecule has 1 aromatic rings. The number of hydrogen-bond acceptors (Lipinski definition) is 2. The summed E-state index contributed by atoms with van der Waals surface area (Å²) in [7, 11) is 0. The first-order valence-corrected chi connectivity index (χ1v) is 6.97. The Labute approximate surface area is 110 Å². The first kappa shape index (κ1) is 13.4. The van der Waals surface area contributed by atoms with Gasteiger partial charge in [-0.2, -0.15) is 0 Å². The van der Waals surface area contributed by atoms with Crippen LogP contribution in [0.4, 0.5) is 0 Å². The number of benzene rings is 1. The van der Waals surface area contributed by atoms with Crippen molar-refractivity contribution in [3.63, 3.8) is 0 Å². The lowest BCUT2D eigenvalue weighted by molar-refractivity contribution is 0.0909. The van der Waals surface area contributed by atoms with Crippen LogP contribution in [0.2, 0.25) is 0 Å². The van der Waals surface area contributed by atoms with Crippen LogP contribution in [0, 0.1) is 5.92 Å². The zero-order chi connectivity index (χ0) is 13.3. The van der Waals surface area contributed by atoms with Gasteiger partial charge in [0, 0.05) is 12.0 Å². The van der Waals surface area contributed by atoms with Crippen LogP contribution >= 0.6 is 0 Å². The average molecular weight is 248 g/mol. The van der Waals surface area contributed by atoms with Gasteiger partial charge in [-0.25, -0.2) is 0 Å². The van der Waals surface area contributed by atoms with Crippen molar-refractivity contribution in [2.24, 2.45) is 5.92 Å². The van der Waals surface area contributed by atoms with Crippen molar-refractivity contribution in [3.8, 4) is 5.75 Å². The van der Waals surface area contributed by atoms with E-state index >= 15 is 0 Å². The number of para-hydroxylation sites is 1. The van der Waals surface area contributed by atoms with Gasteiger partial charge in [-0.15, -0.1) is 0 Å². The summed E-state index contributed by atoms with van der Waals surface area (Å²) in [4.78, 5) is 0. The maximum absolute atomic E-state index is 10.5. The second kappa shape index (κ2) is 4.93. The fourth-order valence-electron chi connectivity index (χ4n) is 2.86. The number of aliphatic hydroxyl groups excluding tert-OH is 1. The number of rotatable bonds is 4. The van der Waals surface area contributed by atoms with E-state index in [1.165, 1.54) is 5.56 Å². The Bertz CT molecular complexity index is 419. The van der Waals surface area contributed by atoms with Gasteiger partial charge in [0.25, 0.3) is 0 Å². The summed E-state index contributed by atoms with van der Waals surface area (Å²) >= 11 is 0. The molecule has 18 heavy (non-hydrogen) atoms. The van der Waals surface area contributed by atoms with E-state index in [0.717, 1.165) is 30.6 Å². The molecule has 0 aliphatic carbocycles. The van der Waals surface area contributed by atoms with Crippen LogP contribution in [-0.2, 0) is 6.42 Å². The molecule has 0 spiro atoms. The Balaban J connectivity index is 2.34. The Kier molecular flexibility index (Phi) is 3.67. The minimum atomic E-state index is -0.413. The molecule has 1 atom stereocenters. The highest BCUT2D eigenvalue weighted by Gasteiger charge is 2.33. The predicted octanol–water partition coefficient (Wildman–Crippen LogP) is 3.87. The van der Waals surface area contributed by atoms with E-state index in [0.29, 0.717) is 5.92 Å². The van der Waals surface area contributed by atoms with Crippen molar-refractivity contribution < 1.29 is 9.84 Å². The molecule has 2 heteroatoms.